The minimum atomic E-state index is -0.278. The van der Waals surface area contributed by atoms with Gasteiger partial charge in [-0.05, 0) is 12.5 Å². The molecule has 0 radical (unpaired) electrons. The van der Waals surface area contributed by atoms with Crippen molar-refractivity contribution in [1.82, 2.24) is 10.2 Å². The summed E-state index contributed by atoms with van der Waals surface area (Å²) in [5.41, 5.74) is 7.19. The second-order valence-electron chi connectivity index (χ2n) is 5.97. The fourth-order valence-electron chi connectivity index (χ4n) is 2.68. The zero-order valence-corrected chi connectivity index (χ0v) is 13.5. The van der Waals surface area contributed by atoms with E-state index in [-0.39, 0.29) is 17.9 Å². The molecule has 0 aliphatic carbocycles. The molecule has 5 nitrogen and oxygen atoms in total. The molecule has 1 heterocycles. The van der Waals surface area contributed by atoms with Gasteiger partial charge in [0.1, 0.15) is 0 Å². The lowest BCUT2D eigenvalue weighted by molar-refractivity contribution is -0.125. The van der Waals surface area contributed by atoms with Gasteiger partial charge in [-0.2, -0.15) is 0 Å². The zero-order chi connectivity index (χ0) is 15.9. The van der Waals surface area contributed by atoms with Crippen LogP contribution in [0.25, 0.3) is 0 Å². The number of nitrogens with two attached hydrogens (primary N) is 1. The second-order valence-corrected chi connectivity index (χ2v) is 5.97. The van der Waals surface area contributed by atoms with Crippen LogP contribution < -0.4 is 11.1 Å². The van der Waals surface area contributed by atoms with Crippen molar-refractivity contribution >= 4 is 5.91 Å². The molecule has 0 spiro atoms. The molecular formula is C17H27N3O2. The molecule has 1 saturated heterocycles. The van der Waals surface area contributed by atoms with E-state index in [1.165, 1.54) is 0 Å². The van der Waals surface area contributed by atoms with Gasteiger partial charge in [-0.15, -0.1) is 0 Å². The predicted molar refractivity (Wildman–Crippen MR) is 87.4 cm³/mol. The number of carbonyl (C=O) groups excluding carboxylic acids is 1. The van der Waals surface area contributed by atoms with E-state index in [2.05, 4.69) is 17.1 Å². The number of nitrogens with one attached hydrogen (secondary N) is 1. The van der Waals surface area contributed by atoms with Crippen molar-refractivity contribution < 1.29 is 9.53 Å². The molecule has 3 N–H and O–H groups in total. The summed E-state index contributed by atoms with van der Waals surface area (Å²) >= 11 is 0. The van der Waals surface area contributed by atoms with E-state index < -0.39 is 0 Å². The lowest BCUT2D eigenvalue weighted by atomic mass is 9.94. The molecule has 122 valence electrons. The molecule has 3 atom stereocenters. The third-order valence-corrected chi connectivity index (χ3v) is 4.38. The van der Waals surface area contributed by atoms with Gasteiger partial charge in [-0.25, -0.2) is 0 Å². The van der Waals surface area contributed by atoms with Crippen LogP contribution in [0.15, 0.2) is 30.3 Å². The fourth-order valence-corrected chi connectivity index (χ4v) is 2.68. The monoisotopic (exact) mass is 305 g/mol. The Morgan fingerprint density at radius 3 is 2.55 bits per heavy atom. The summed E-state index contributed by atoms with van der Waals surface area (Å²) in [4.78, 5) is 14.6. The molecule has 22 heavy (non-hydrogen) atoms. The minimum Gasteiger partial charge on any atom is -0.379 e. The maximum atomic E-state index is 12.3. The van der Waals surface area contributed by atoms with Crippen molar-refractivity contribution in [2.75, 3.05) is 32.8 Å². The molecule has 1 aliphatic heterocycles. The summed E-state index contributed by atoms with van der Waals surface area (Å²) in [6.07, 6.45) is 0. The number of hydrogen-bond donors (Lipinski definition) is 2. The Kier molecular flexibility index (Phi) is 6.36. The molecule has 1 aromatic carbocycles. The number of ether oxygens (including phenoxy) is 1. The van der Waals surface area contributed by atoms with Gasteiger partial charge in [0.25, 0.3) is 0 Å². The van der Waals surface area contributed by atoms with Crippen LogP contribution in [0, 0.1) is 5.92 Å². The van der Waals surface area contributed by atoms with Crippen LogP contribution in [0.2, 0.25) is 0 Å². The van der Waals surface area contributed by atoms with Gasteiger partial charge in [0, 0.05) is 31.7 Å². The molecule has 0 saturated carbocycles. The summed E-state index contributed by atoms with van der Waals surface area (Å²) in [6, 6.07) is 9.80. The Balaban J connectivity index is 1.81. The normalized spacial score (nSPS) is 20.1. The Hall–Kier alpha value is -1.43. The van der Waals surface area contributed by atoms with Gasteiger partial charge >= 0.3 is 0 Å². The van der Waals surface area contributed by atoms with Gasteiger partial charge in [0.2, 0.25) is 5.91 Å². The van der Waals surface area contributed by atoms with Gasteiger partial charge in [-0.1, -0.05) is 37.3 Å². The number of nitrogens with zero attached hydrogens (tertiary/aromatic N) is 1. The van der Waals surface area contributed by atoms with Crippen LogP contribution >= 0.6 is 0 Å². The Bertz CT molecular complexity index is 460. The molecule has 1 aliphatic rings. The summed E-state index contributed by atoms with van der Waals surface area (Å²) in [7, 11) is 0. The first-order valence-electron chi connectivity index (χ1n) is 7.99. The quantitative estimate of drug-likeness (QED) is 0.827. The first-order chi connectivity index (χ1) is 10.6. The van der Waals surface area contributed by atoms with Crippen molar-refractivity contribution in [2.45, 2.75) is 25.9 Å². The average Bonchev–Trinajstić information content (AvgIpc) is 2.59. The summed E-state index contributed by atoms with van der Waals surface area (Å²) in [5.74, 6) is -0.240. The number of morpholine rings is 1. The Morgan fingerprint density at radius 1 is 1.27 bits per heavy atom. The molecule has 3 unspecified atom stereocenters. The van der Waals surface area contributed by atoms with Crippen molar-refractivity contribution in [3.63, 3.8) is 0 Å². The van der Waals surface area contributed by atoms with Crippen molar-refractivity contribution in [3.8, 4) is 0 Å². The third-order valence-electron chi connectivity index (χ3n) is 4.38. The smallest absolute Gasteiger partial charge is 0.224 e. The van der Waals surface area contributed by atoms with Crippen LogP contribution in [0.4, 0.5) is 0 Å². The highest BCUT2D eigenvalue weighted by Gasteiger charge is 2.23. The highest BCUT2D eigenvalue weighted by atomic mass is 16.5. The molecule has 5 heteroatoms. The number of hydrogen-bond acceptors (Lipinski definition) is 4. The van der Waals surface area contributed by atoms with Gasteiger partial charge in [0.05, 0.1) is 19.1 Å². The van der Waals surface area contributed by atoms with E-state index >= 15 is 0 Å². The van der Waals surface area contributed by atoms with Crippen LogP contribution in [0.3, 0.4) is 0 Å². The van der Waals surface area contributed by atoms with Crippen LogP contribution in [-0.2, 0) is 9.53 Å². The molecule has 1 fully saturated rings. The molecule has 2 rings (SSSR count). The summed E-state index contributed by atoms with van der Waals surface area (Å²) in [5, 5.41) is 3.03. The summed E-state index contributed by atoms with van der Waals surface area (Å²) in [6.45, 7) is 8.05. The van der Waals surface area contributed by atoms with Crippen molar-refractivity contribution in [1.29, 1.82) is 0 Å². The third kappa shape index (κ3) is 4.53. The molecule has 0 aromatic heterocycles. The van der Waals surface area contributed by atoms with E-state index in [4.69, 9.17) is 10.5 Å². The average molecular weight is 305 g/mol. The molecule has 0 bridgehead atoms. The van der Waals surface area contributed by atoms with Gasteiger partial charge in [-0.3, -0.25) is 9.69 Å². The van der Waals surface area contributed by atoms with Crippen LogP contribution in [-0.4, -0.2) is 49.7 Å². The highest BCUT2D eigenvalue weighted by Crippen LogP contribution is 2.19. The van der Waals surface area contributed by atoms with Crippen LogP contribution in [0.1, 0.15) is 25.5 Å². The minimum absolute atomic E-state index is 0.0106. The van der Waals surface area contributed by atoms with E-state index in [1.807, 2.05) is 37.3 Å². The molecular weight excluding hydrogens is 278 g/mol. The fraction of sp³-hybridized carbons (Fsp3) is 0.588. The number of amides is 1. The summed E-state index contributed by atoms with van der Waals surface area (Å²) < 4.78 is 5.35. The zero-order valence-electron chi connectivity index (χ0n) is 13.5. The standard InChI is InChI=1S/C17H27N3O2/c1-13(20-8-10-22-11-9-20)12-19-17(21)14(2)16(18)15-6-4-3-5-7-15/h3-7,13-14,16H,8-12,18H2,1-2H3,(H,19,21). The lowest BCUT2D eigenvalue weighted by Crippen LogP contribution is -2.48. The van der Waals surface area contributed by atoms with E-state index in [0.717, 1.165) is 31.9 Å². The SMILES string of the molecule is CC(C(=O)NCC(C)N1CCOCC1)C(N)c1ccccc1. The predicted octanol–water partition coefficient (Wildman–Crippen LogP) is 1.16. The topological polar surface area (TPSA) is 67.6 Å². The Morgan fingerprint density at radius 2 is 1.91 bits per heavy atom. The number of benzene rings is 1. The Labute approximate surface area is 132 Å². The van der Waals surface area contributed by atoms with Crippen molar-refractivity contribution in [2.24, 2.45) is 11.7 Å². The van der Waals surface area contributed by atoms with Crippen LogP contribution in [0.5, 0.6) is 0 Å². The number of carbonyl (C=O) groups is 1. The number of rotatable bonds is 6. The van der Waals surface area contributed by atoms with Gasteiger partial charge < -0.3 is 15.8 Å². The van der Waals surface area contributed by atoms with E-state index in [9.17, 15) is 4.79 Å². The van der Waals surface area contributed by atoms with Gasteiger partial charge in [0.15, 0.2) is 0 Å². The molecule has 1 amide bonds. The molecule has 1 aromatic rings. The maximum Gasteiger partial charge on any atom is 0.224 e. The lowest BCUT2D eigenvalue weighted by Gasteiger charge is -2.32. The first-order valence-corrected chi connectivity index (χ1v) is 7.99. The highest BCUT2D eigenvalue weighted by molar-refractivity contribution is 5.79. The second kappa shape index (κ2) is 8.27. The first kappa shape index (κ1) is 16.9. The van der Waals surface area contributed by atoms with E-state index in [0.29, 0.717) is 12.6 Å². The van der Waals surface area contributed by atoms with E-state index in [1.54, 1.807) is 0 Å². The van der Waals surface area contributed by atoms with Crippen molar-refractivity contribution in [3.05, 3.63) is 35.9 Å². The maximum absolute atomic E-state index is 12.3. The largest absolute Gasteiger partial charge is 0.379 e.